The highest BCUT2D eigenvalue weighted by atomic mass is 35.5. The number of benzene rings is 2. The Kier molecular flexibility index (Phi) is 3.81. The average molecular weight is 336 g/mol. The summed E-state index contributed by atoms with van der Waals surface area (Å²) in [6, 6.07) is 10.0. The van der Waals surface area contributed by atoms with E-state index >= 15 is 0 Å². The second-order valence-corrected chi connectivity index (χ2v) is 5.65. The highest BCUT2D eigenvalue weighted by molar-refractivity contribution is 6.37. The minimum absolute atomic E-state index is 0.107. The van der Waals surface area contributed by atoms with E-state index in [0.29, 0.717) is 32.5 Å². The van der Waals surface area contributed by atoms with Crippen molar-refractivity contribution < 1.29 is 14.3 Å². The van der Waals surface area contributed by atoms with Crippen LogP contribution in [0.25, 0.3) is 0 Å². The van der Waals surface area contributed by atoms with Crippen LogP contribution in [0, 0.1) is 0 Å². The van der Waals surface area contributed by atoms with Crippen LogP contribution in [0.1, 0.15) is 26.3 Å². The number of amides is 2. The first-order valence-electron chi connectivity index (χ1n) is 6.50. The van der Waals surface area contributed by atoms with Crippen LogP contribution in [-0.4, -0.2) is 23.8 Å². The minimum atomic E-state index is -0.316. The Bertz CT molecular complexity index is 731. The van der Waals surface area contributed by atoms with Gasteiger partial charge in [0.2, 0.25) is 0 Å². The standard InChI is InChI=1S/C16H11Cl2NO3/c1-22-14-12(17)6-9(7-13(14)18)8-19-15(20)10-4-2-3-5-11(10)16(19)21/h2-7H,8H2,1H3. The van der Waals surface area contributed by atoms with Crippen LogP contribution < -0.4 is 4.74 Å². The Morgan fingerprint density at radius 2 is 1.50 bits per heavy atom. The SMILES string of the molecule is COc1c(Cl)cc(CN2C(=O)c3ccccc3C2=O)cc1Cl. The van der Waals surface area contributed by atoms with Gasteiger partial charge in [-0.15, -0.1) is 0 Å². The molecule has 0 spiro atoms. The molecule has 0 N–H and O–H groups in total. The van der Waals surface area contributed by atoms with Gasteiger partial charge in [-0.1, -0.05) is 35.3 Å². The van der Waals surface area contributed by atoms with Crippen molar-refractivity contribution in [1.29, 1.82) is 0 Å². The average Bonchev–Trinajstić information content (AvgIpc) is 2.73. The molecule has 1 aliphatic rings. The number of carbonyl (C=O) groups is 2. The minimum Gasteiger partial charge on any atom is -0.494 e. The van der Waals surface area contributed by atoms with Gasteiger partial charge >= 0.3 is 0 Å². The molecule has 3 rings (SSSR count). The van der Waals surface area contributed by atoms with Gasteiger partial charge in [0, 0.05) is 0 Å². The van der Waals surface area contributed by atoms with Crippen molar-refractivity contribution in [2.24, 2.45) is 0 Å². The molecule has 112 valence electrons. The number of halogens is 2. The van der Waals surface area contributed by atoms with Crippen LogP contribution in [0.2, 0.25) is 10.0 Å². The van der Waals surface area contributed by atoms with E-state index in [1.54, 1.807) is 36.4 Å². The Hall–Kier alpha value is -2.04. The van der Waals surface area contributed by atoms with Crippen molar-refractivity contribution in [2.75, 3.05) is 7.11 Å². The largest absolute Gasteiger partial charge is 0.494 e. The van der Waals surface area contributed by atoms with Crippen molar-refractivity contribution >= 4 is 35.0 Å². The molecule has 0 aliphatic carbocycles. The van der Waals surface area contributed by atoms with Crippen LogP contribution in [-0.2, 0) is 6.54 Å². The summed E-state index contributed by atoms with van der Waals surface area (Å²) in [6.45, 7) is 0.107. The molecule has 2 aromatic rings. The van der Waals surface area contributed by atoms with Crippen LogP contribution in [0.4, 0.5) is 0 Å². The summed E-state index contributed by atoms with van der Waals surface area (Å²) in [6.07, 6.45) is 0. The van der Waals surface area contributed by atoms with E-state index in [2.05, 4.69) is 0 Å². The highest BCUT2D eigenvalue weighted by Gasteiger charge is 2.35. The lowest BCUT2D eigenvalue weighted by Gasteiger charge is -2.15. The molecule has 2 amide bonds. The van der Waals surface area contributed by atoms with Crippen LogP contribution in [0.5, 0.6) is 5.75 Å². The summed E-state index contributed by atoms with van der Waals surface area (Å²) in [5.74, 6) is -0.262. The lowest BCUT2D eigenvalue weighted by Crippen LogP contribution is -2.29. The fourth-order valence-corrected chi connectivity index (χ4v) is 3.15. The monoisotopic (exact) mass is 335 g/mol. The van der Waals surface area contributed by atoms with Gasteiger partial charge in [-0.25, -0.2) is 0 Å². The third-order valence-electron chi connectivity index (χ3n) is 3.48. The lowest BCUT2D eigenvalue weighted by atomic mass is 10.1. The quantitative estimate of drug-likeness (QED) is 0.801. The van der Waals surface area contributed by atoms with Gasteiger partial charge in [-0.05, 0) is 29.8 Å². The summed E-state index contributed by atoms with van der Waals surface area (Å²) in [7, 11) is 1.47. The molecule has 2 aromatic carbocycles. The molecule has 0 saturated heterocycles. The topological polar surface area (TPSA) is 46.6 Å². The van der Waals surface area contributed by atoms with Gasteiger partial charge in [0.1, 0.15) is 0 Å². The van der Waals surface area contributed by atoms with Crippen molar-refractivity contribution in [3.63, 3.8) is 0 Å². The van der Waals surface area contributed by atoms with Crippen molar-refractivity contribution in [3.05, 3.63) is 63.1 Å². The van der Waals surface area contributed by atoms with Gasteiger partial charge in [0.25, 0.3) is 11.8 Å². The molecule has 0 aromatic heterocycles. The maximum atomic E-state index is 12.3. The predicted molar refractivity (Wildman–Crippen MR) is 83.7 cm³/mol. The molecule has 0 atom stereocenters. The predicted octanol–water partition coefficient (Wildman–Crippen LogP) is 3.80. The molecule has 0 fully saturated rings. The number of ether oxygens (including phenoxy) is 1. The molecule has 22 heavy (non-hydrogen) atoms. The van der Waals surface area contributed by atoms with Crippen molar-refractivity contribution in [3.8, 4) is 5.75 Å². The maximum absolute atomic E-state index is 12.3. The summed E-state index contributed by atoms with van der Waals surface area (Å²) in [4.78, 5) is 25.8. The van der Waals surface area contributed by atoms with E-state index in [-0.39, 0.29) is 18.4 Å². The van der Waals surface area contributed by atoms with Crippen LogP contribution in [0.15, 0.2) is 36.4 Å². The fraction of sp³-hybridized carbons (Fsp3) is 0.125. The molecule has 1 heterocycles. The van der Waals surface area contributed by atoms with E-state index < -0.39 is 0 Å². The van der Waals surface area contributed by atoms with Crippen molar-refractivity contribution in [2.45, 2.75) is 6.54 Å². The third kappa shape index (κ3) is 2.34. The molecule has 1 aliphatic heterocycles. The third-order valence-corrected chi connectivity index (χ3v) is 4.04. The number of imide groups is 1. The number of fused-ring (bicyclic) bond motifs is 1. The van der Waals surface area contributed by atoms with Gasteiger partial charge in [0.05, 0.1) is 34.8 Å². The zero-order chi connectivity index (χ0) is 15.9. The molecule has 0 unspecified atom stereocenters. The maximum Gasteiger partial charge on any atom is 0.261 e. The van der Waals surface area contributed by atoms with Gasteiger partial charge in [-0.3, -0.25) is 14.5 Å². The molecular formula is C16H11Cl2NO3. The summed E-state index contributed by atoms with van der Waals surface area (Å²) in [5, 5.41) is 0.670. The smallest absolute Gasteiger partial charge is 0.261 e. The normalized spacial score (nSPS) is 13.5. The highest BCUT2D eigenvalue weighted by Crippen LogP contribution is 2.35. The van der Waals surface area contributed by atoms with E-state index in [9.17, 15) is 9.59 Å². The Balaban J connectivity index is 1.92. The zero-order valence-corrected chi connectivity index (χ0v) is 13.1. The molecule has 0 bridgehead atoms. The van der Waals surface area contributed by atoms with E-state index in [1.807, 2.05) is 0 Å². The number of hydrogen-bond acceptors (Lipinski definition) is 3. The first-order valence-corrected chi connectivity index (χ1v) is 7.25. The Labute approximate surface area is 137 Å². The van der Waals surface area contributed by atoms with Crippen LogP contribution >= 0.6 is 23.2 Å². The second kappa shape index (κ2) is 5.63. The number of nitrogens with zero attached hydrogens (tertiary/aromatic N) is 1. The number of hydrogen-bond donors (Lipinski definition) is 0. The Morgan fingerprint density at radius 3 is 1.95 bits per heavy atom. The van der Waals surface area contributed by atoms with Gasteiger partial charge in [-0.2, -0.15) is 0 Å². The van der Waals surface area contributed by atoms with E-state index in [4.69, 9.17) is 27.9 Å². The summed E-state index contributed by atoms with van der Waals surface area (Å²) < 4.78 is 5.08. The second-order valence-electron chi connectivity index (χ2n) is 4.83. The molecule has 0 radical (unpaired) electrons. The molecular weight excluding hydrogens is 325 g/mol. The van der Waals surface area contributed by atoms with Gasteiger partial charge < -0.3 is 4.74 Å². The first-order chi connectivity index (χ1) is 10.5. The van der Waals surface area contributed by atoms with Crippen LogP contribution in [0.3, 0.4) is 0 Å². The number of methoxy groups -OCH3 is 1. The van der Waals surface area contributed by atoms with Gasteiger partial charge in [0.15, 0.2) is 5.75 Å². The number of carbonyl (C=O) groups excluding carboxylic acids is 2. The molecule has 6 heteroatoms. The van der Waals surface area contributed by atoms with Crippen molar-refractivity contribution in [1.82, 2.24) is 4.90 Å². The zero-order valence-electron chi connectivity index (χ0n) is 11.6. The fourth-order valence-electron chi connectivity index (χ4n) is 2.46. The summed E-state index contributed by atoms with van der Waals surface area (Å²) >= 11 is 12.2. The molecule has 0 saturated carbocycles. The van der Waals surface area contributed by atoms with E-state index in [0.717, 1.165) is 0 Å². The number of rotatable bonds is 3. The lowest BCUT2D eigenvalue weighted by molar-refractivity contribution is 0.0642. The Morgan fingerprint density at radius 1 is 1.00 bits per heavy atom. The first kappa shape index (κ1) is 14.9. The molecule has 4 nitrogen and oxygen atoms in total. The van der Waals surface area contributed by atoms with E-state index in [1.165, 1.54) is 12.0 Å². The summed E-state index contributed by atoms with van der Waals surface area (Å²) in [5.41, 5.74) is 1.49.